The first kappa shape index (κ1) is 21.2. The largest absolute Gasteiger partial charge is 0.350 e. The lowest BCUT2D eigenvalue weighted by Crippen LogP contribution is -2.34. The number of thioether (sulfide) groups is 2. The summed E-state index contributed by atoms with van der Waals surface area (Å²) in [5.74, 6) is 3.21. The first-order valence-corrected chi connectivity index (χ1v) is 13.1. The summed E-state index contributed by atoms with van der Waals surface area (Å²) in [4.78, 5) is 16.9. The number of aromatic nitrogens is 3. The molecule has 3 heterocycles. The molecule has 0 saturated carbocycles. The summed E-state index contributed by atoms with van der Waals surface area (Å²) in [5, 5.41) is 5.61. The molecule has 5 rings (SSSR count). The van der Waals surface area contributed by atoms with Gasteiger partial charge in [0.05, 0.1) is 5.69 Å². The molecule has 1 saturated heterocycles. The van der Waals surface area contributed by atoms with E-state index < -0.39 is 0 Å². The molecule has 0 radical (unpaired) electrons. The smallest absolute Gasteiger partial charge is 0.302 e. The van der Waals surface area contributed by atoms with Crippen molar-refractivity contribution in [3.63, 3.8) is 0 Å². The molecule has 0 aliphatic carbocycles. The van der Waals surface area contributed by atoms with E-state index in [0.717, 1.165) is 42.5 Å². The van der Waals surface area contributed by atoms with Crippen LogP contribution in [0.3, 0.4) is 0 Å². The number of halogens is 1. The molecule has 8 heteroatoms. The van der Waals surface area contributed by atoms with Crippen LogP contribution in [0, 0.1) is 0 Å². The van der Waals surface area contributed by atoms with E-state index in [9.17, 15) is 4.79 Å². The highest BCUT2D eigenvalue weighted by Gasteiger charge is 2.27. The van der Waals surface area contributed by atoms with Crippen LogP contribution in [0.25, 0.3) is 5.69 Å². The van der Waals surface area contributed by atoms with E-state index in [1.165, 1.54) is 17.1 Å². The predicted octanol–water partition coefficient (Wildman–Crippen LogP) is 4.52. The minimum Gasteiger partial charge on any atom is -0.302 e. The van der Waals surface area contributed by atoms with Gasteiger partial charge in [0.25, 0.3) is 0 Å². The summed E-state index contributed by atoms with van der Waals surface area (Å²) in [5.41, 5.74) is 2.02. The van der Waals surface area contributed by atoms with Crippen molar-refractivity contribution < 1.29 is 0 Å². The van der Waals surface area contributed by atoms with Crippen molar-refractivity contribution in [3.05, 3.63) is 75.4 Å². The van der Waals surface area contributed by atoms with E-state index in [1.54, 1.807) is 21.0 Å². The van der Waals surface area contributed by atoms with Gasteiger partial charge < -0.3 is 4.90 Å². The summed E-state index contributed by atoms with van der Waals surface area (Å²) in [6.45, 7) is 3.93. The quantitative estimate of drug-likeness (QED) is 0.546. The van der Waals surface area contributed by atoms with Crippen molar-refractivity contribution in [3.8, 4) is 5.69 Å². The Balaban J connectivity index is 1.45. The molecule has 2 aromatic carbocycles. The van der Waals surface area contributed by atoms with Crippen molar-refractivity contribution in [1.82, 2.24) is 19.2 Å². The lowest BCUT2D eigenvalue weighted by atomic mass is 10.1. The third-order valence-electron chi connectivity index (χ3n) is 5.82. The normalized spacial score (nSPS) is 18.9. The molecule has 5 nitrogen and oxygen atoms in total. The van der Waals surface area contributed by atoms with E-state index in [0.29, 0.717) is 18.0 Å². The Hall–Kier alpha value is -1.67. The van der Waals surface area contributed by atoms with Gasteiger partial charge in [0.2, 0.25) is 0 Å². The second-order valence-electron chi connectivity index (χ2n) is 7.90. The fourth-order valence-electron chi connectivity index (χ4n) is 4.22. The fourth-order valence-corrected chi connectivity index (χ4v) is 6.62. The standard InChI is InChI=1S/C23H25ClN4OS2/c24-18-7-8-20-19(15-18)28-22(16-21(31-20)17-5-2-1-3-6-17)25-27(23(28)29)10-4-9-26-11-13-30-14-12-26/h1-3,5-8,15,21H,4,9-14,16H2. The maximum Gasteiger partial charge on any atom is 0.350 e. The lowest BCUT2D eigenvalue weighted by molar-refractivity contribution is 0.289. The van der Waals surface area contributed by atoms with Gasteiger partial charge in [0.15, 0.2) is 0 Å². The highest BCUT2D eigenvalue weighted by molar-refractivity contribution is 7.99. The molecule has 2 aliphatic rings. The lowest BCUT2D eigenvalue weighted by Gasteiger charge is -2.25. The molecule has 1 unspecified atom stereocenters. The van der Waals surface area contributed by atoms with Crippen molar-refractivity contribution in [2.45, 2.75) is 29.5 Å². The molecule has 0 bridgehead atoms. The zero-order valence-electron chi connectivity index (χ0n) is 17.2. The van der Waals surface area contributed by atoms with Gasteiger partial charge in [0, 0.05) is 52.7 Å². The van der Waals surface area contributed by atoms with Crippen LogP contribution in [0.4, 0.5) is 0 Å². The highest BCUT2D eigenvalue weighted by Crippen LogP contribution is 2.43. The molecule has 162 valence electrons. The van der Waals surface area contributed by atoms with Gasteiger partial charge in [-0.2, -0.15) is 16.9 Å². The zero-order valence-corrected chi connectivity index (χ0v) is 19.6. The Labute approximate surface area is 195 Å². The first-order chi connectivity index (χ1) is 15.2. The minimum atomic E-state index is -0.0676. The SMILES string of the molecule is O=c1n(CCCN2CCSCC2)nc2n1-c1cc(Cl)ccc1SC(c1ccccc1)C2. The molecule has 0 N–H and O–H groups in total. The van der Waals surface area contributed by atoms with Crippen LogP contribution in [0.1, 0.15) is 23.1 Å². The predicted molar refractivity (Wildman–Crippen MR) is 130 cm³/mol. The second kappa shape index (κ2) is 9.45. The number of rotatable bonds is 5. The maximum absolute atomic E-state index is 13.4. The molecule has 1 atom stereocenters. The third kappa shape index (κ3) is 4.60. The molecule has 0 spiro atoms. The van der Waals surface area contributed by atoms with Gasteiger partial charge in [-0.25, -0.2) is 14.0 Å². The third-order valence-corrected chi connectivity index (χ3v) is 8.32. The Bertz CT molecular complexity index is 1110. The number of fused-ring (bicyclic) bond motifs is 3. The monoisotopic (exact) mass is 472 g/mol. The number of nitrogens with zero attached hydrogens (tertiary/aromatic N) is 4. The molecule has 1 aromatic heterocycles. The first-order valence-electron chi connectivity index (χ1n) is 10.7. The van der Waals surface area contributed by atoms with E-state index in [1.807, 2.05) is 36.0 Å². The van der Waals surface area contributed by atoms with Gasteiger partial charge in [-0.05, 0) is 36.7 Å². The van der Waals surface area contributed by atoms with Crippen molar-refractivity contribution in [2.75, 3.05) is 31.1 Å². The number of hydrogen-bond acceptors (Lipinski definition) is 5. The number of hydrogen-bond donors (Lipinski definition) is 0. The van der Waals surface area contributed by atoms with Gasteiger partial charge in [-0.3, -0.25) is 0 Å². The molecule has 31 heavy (non-hydrogen) atoms. The molecular formula is C23H25ClN4OS2. The average molecular weight is 473 g/mol. The van der Waals surface area contributed by atoms with Gasteiger partial charge in [-0.15, -0.1) is 11.8 Å². The van der Waals surface area contributed by atoms with E-state index in [2.05, 4.69) is 29.2 Å². The van der Waals surface area contributed by atoms with Gasteiger partial charge >= 0.3 is 5.69 Å². The summed E-state index contributed by atoms with van der Waals surface area (Å²) >= 11 is 10.1. The van der Waals surface area contributed by atoms with Crippen molar-refractivity contribution >= 4 is 35.1 Å². The molecule has 2 aliphatic heterocycles. The Morgan fingerprint density at radius 1 is 1.06 bits per heavy atom. The summed E-state index contributed by atoms with van der Waals surface area (Å²) in [6, 6.07) is 16.3. The maximum atomic E-state index is 13.4. The average Bonchev–Trinajstić information content (AvgIpc) is 3.00. The van der Waals surface area contributed by atoms with Gasteiger partial charge in [-0.1, -0.05) is 41.9 Å². The summed E-state index contributed by atoms with van der Waals surface area (Å²) in [6.07, 6.45) is 1.63. The minimum absolute atomic E-state index is 0.0676. The van der Waals surface area contributed by atoms with Crippen LogP contribution >= 0.6 is 35.1 Å². The van der Waals surface area contributed by atoms with Crippen LogP contribution in [-0.4, -0.2) is 50.4 Å². The Kier molecular flexibility index (Phi) is 6.46. The molecular weight excluding hydrogens is 448 g/mol. The van der Waals surface area contributed by atoms with Crippen LogP contribution in [0.5, 0.6) is 0 Å². The molecule has 1 fully saturated rings. The van der Waals surface area contributed by atoms with E-state index in [-0.39, 0.29) is 10.9 Å². The molecule has 3 aromatic rings. The Morgan fingerprint density at radius 3 is 2.68 bits per heavy atom. The fraction of sp³-hybridized carbons (Fsp3) is 0.391. The van der Waals surface area contributed by atoms with Crippen LogP contribution < -0.4 is 5.69 Å². The zero-order chi connectivity index (χ0) is 21.2. The summed E-state index contributed by atoms with van der Waals surface area (Å²) < 4.78 is 3.42. The van der Waals surface area contributed by atoms with Crippen LogP contribution in [-0.2, 0) is 13.0 Å². The summed E-state index contributed by atoms with van der Waals surface area (Å²) in [7, 11) is 0. The van der Waals surface area contributed by atoms with Crippen LogP contribution in [0.15, 0.2) is 58.2 Å². The Morgan fingerprint density at radius 2 is 1.87 bits per heavy atom. The van der Waals surface area contributed by atoms with E-state index in [4.69, 9.17) is 16.7 Å². The number of benzene rings is 2. The molecule has 0 amide bonds. The number of aryl methyl sites for hydroxylation is 1. The van der Waals surface area contributed by atoms with E-state index >= 15 is 0 Å². The van der Waals surface area contributed by atoms with Crippen molar-refractivity contribution in [1.29, 1.82) is 0 Å². The van der Waals surface area contributed by atoms with Crippen molar-refractivity contribution in [2.24, 2.45) is 0 Å². The second-order valence-corrected chi connectivity index (χ2v) is 10.8. The van der Waals surface area contributed by atoms with Gasteiger partial charge in [0.1, 0.15) is 5.82 Å². The topological polar surface area (TPSA) is 43.1 Å². The highest BCUT2D eigenvalue weighted by atomic mass is 35.5. The van der Waals surface area contributed by atoms with Crippen LogP contribution in [0.2, 0.25) is 5.02 Å².